The summed E-state index contributed by atoms with van der Waals surface area (Å²) in [5.74, 6) is -2.74. The van der Waals surface area contributed by atoms with E-state index in [9.17, 15) is 22.0 Å². The molecule has 1 aromatic carbocycles. The van der Waals surface area contributed by atoms with E-state index in [-0.39, 0.29) is 48.5 Å². The summed E-state index contributed by atoms with van der Waals surface area (Å²) in [7, 11) is -3.71. The van der Waals surface area contributed by atoms with Gasteiger partial charge in [0.1, 0.15) is 22.4 Å². The standard InChI is InChI=1S/C18H19ClF2N6O4S/c1-11-23-16(31-25-11)10-32(29,30)27-4-2-26(3-5-27)15(9-22)17(19)18(28)24-14-7-12(20)6-13(21)8-14/h6-9,22H,2-5,10H2,1H3,(H,24,28)/b17-15-,22-9?. The van der Waals surface area contributed by atoms with Crippen molar-refractivity contribution in [2.45, 2.75) is 12.7 Å². The van der Waals surface area contributed by atoms with E-state index < -0.39 is 33.3 Å². The highest BCUT2D eigenvalue weighted by atomic mass is 35.5. The van der Waals surface area contributed by atoms with Crippen molar-refractivity contribution in [3.8, 4) is 0 Å². The van der Waals surface area contributed by atoms with E-state index >= 15 is 0 Å². The Labute approximate surface area is 187 Å². The Balaban J connectivity index is 1.67. The molecule has 2 aromatic rings. The number of hydrogen-bond donors (Lipinski definition) is 2. The van der Waals surface area contributed by atoms with Crippen LogP contribution in [0, 0.1) is 24.0 Å². The molecule has 0 spiro atoms. The first-order valence-electron chi connectivity index (χ1n) is 9.28. The van der Waals surface area contributed by atoms with E-state index in [0.717, 1.165) is 18.3 Å². The molecule has 14 heteroatoms. The van der Waals surface area contributed by atoms with Crippen molar-refractivity contribution < 1.29 is 26.5 Å². The molecule has 1 aliphatic heterocycles. The van der Waals surface area contributed by atoms with Crippen molar-refractivity contribution in [3.05, 3.63) is 52.3 Å². The van der Waals surface area contributed by atoms with Crippen LogP contribution in [0.25, 0.3) is 0 Å². The normalized spacial score (nSPS) is 15.9. The number of piperazine rings is 1. The first-order chi connectivity index (χ1) is 15.1. The molecule has 10 nitrogen and oxygen atoms in total. The quantitative estimate of drug-likeness (QED) is 0.449. The van der Waals surface area contributed by atoms with Crippen LogP contribution in [-0.4, -0.2) is 66.1 Å². The molecule has 1 amide bonds. The van der Waals surface area contributed by atoms with Gasteiger partial charge in [0.25, 0.3) is 5.91 Å². The Kier molecular flexibility index (Phi) is 7.21. The van der Waals surface area contributed by atoms with Gasteiger partial charge in [-0.05, 0) is 19.1 Å². The fourth-order valence-electron chi connectivity index (χ4n) is 3.07. The Bertz CT molecular complexity index is 1140. The summed E-state index contributed by atoms with van der Waals surface area (Å²) in [6.07, 6.45) is 0.861. The number of halogens is 3. The third kappa shape index (κ3) is 5.66. The Morgan fingerprint density at radius 3 is 2.41 bits per heavy atom. The molecule has 3 rings (SSSR count). The lowest BCUT2D eigenvalue weighted by atomic mass is 10.2. The van der Waals surface area contributed by atoms with Crippen LogP contribution in [0.3, 0.4) is 0 Å². The molecule has 0 radical (unpaired) electrons. The lowest BCUT2D eigenvalue weighted by Crippen LogP contribution is -2.49. The number of hydrogen-bond acceptors (Lipinski definition) is 8. The number of nitrogens with zero attached hydrogens (tertiary/aromatic N) is 4. The molecular weight excluding hydrogens is 470 g/mol. The highest BCUT2D eigenvalue weighted by Gasteiger charge is 2.30. The van der Waals surface area contributed by atoms with Crippen molar-refractivity contribution >= 4 is 39.4 Å². The fourth-order valence-corrected chi connectivity index (χ4v) is 4.63. The zero-order valence-electron chi connectivity index (χ0n) is 16.8. The Hall–Kier alpha value is -2.90. The first-order valence-corrected chi connectivity index (χ1v) is 11.3. The largest absolute Gasteiger partial charge is 0.366 e. The van der Waals surface area contributed by atoms with E-state index in [0.29, 0.717) is 11.9 Å². The van der Waals surface area contributed by atoms with Crippen LogP contribution in [0.15, 0.2) is 33.5 Å². The van der Waals surface area contributed by atoms with Crippen molar-refractivity contribution in [2.24, 2.45) is 0 Å². The number of rotatable bonds is 7. The van der Waals surface area contributed by atoms with Crippen molar-refractivity contribution in [3.63, 3.8) is 0 Å². The molecule has 1 fully saturated rings. The van der Waals surface area contributed by atoms with Gasteiger partial charge in [-0.15, -0.1) is 0 Å². The lowest BCUT2D eigenvalue weighted by Gasteiger charge is -2.35. The Morgan fingerprint density at radius 1 is 1.25 bits per heavy atom. The number of amides is 1. The number of aryl methyl sites for hydroxylation is 1. The monoisotopic (exact) mass is 488 g/mol. The first kappa shape index (κ1) is 23.8. The van der Waals surface area contributed by atoms with Crippen LogP contribution >= 0.6 is 11.6 Å². The molecular formula is C18H19ClF2N6O4S. The molecule has 0 aliphatic carbocycles. The molecule has 172 valence electrons. The molecule has 0 bridgehead atoms. The number of carbonyl (C=O) groups is 1. The van der Waals surface area contributed by atoms with Crippen molar-refractivity contribution in [1.29, 1.82) is 5.41 Å². The topological polar surface area (TPSA) is 132 Å². The molecule has 0 saturated carbocycles. The number of sulfonamides is 1. The highest BCUT2D eigenvalue weighted by molar-refractivity contribution is 7.88. The lowest BCUT2D eigenvalue weighted by molar-refractivity contribution is -0.112. The molecule has 2 N–H and O–H groups in total. The number of carbonyl (C=O) groups excluding carboxylic acids is 1. The molecule has 32 heavy (non-hydrogen) atoms. The molecule has 0 atom stereocenters. The van der Waals surface area contributed by atoms with E-state index in [1.165, 1.54) is 4.31 Å². The number of anilines is 1. The average molecular weight is 489 g/mol. The van der Waals surface area contributed by atoms with Crippen LogP contribution in [-0.2, 0) is 20.6 Å². The van der Waals surface area contributed by atoms with Gasteiger partial charge in [0.15, 0.2) is 5.82 Å². The van der Waals surface area contributed by atoms with Crippen LogP contribution in [0.4, 0.5) is 14.5 Å². The SMILES string of the molecule is Cc1noc(CS(=O)(=O)N2CCN(/C(C=N)=C(\Cl)C(=O)Nc3cc(F)cc(F)c3)CC2)n1. The highest BCUT2D eigenvalue weighted by Crippen LogP contribution is 2.21. The van der Waals surface area contributed by atoms with Gasteiger partial charge in [0.05, 0.1) is 5.70 Å². The number of allylic oxidation sites excluding steroid dienone is 1. The van der Waals surface area contributed by atoms with Crippen LogP contribution in [0.2, 0.25) is 0 Å². The van der Waals surface area contributed by atoms with Crippen molar-refractivity contribution in [1.82, 2.24) is 19.3 Å². The van der Waals surface area contributed by atoms with Gasteiger partial charge in [0.2, 0.25) is 15.9 Å². The van der Waals surface area contributed by atoms with E-state index in [2.05, 4.69) is 15.5 Å². The smallest absolute Gasteiger partial charge is 0.269 e. The summed E-state index contributed by atoms with van der Waals surface area (Å²) in [5, 5.41) is 13.1. The van der Waals surface area contributed by atoms with Gasteiger partial charge in [-0.2, -0.15) is 9.29 Å². The maximum atomic E-state index is 13.3. The Morgan fingerprint density at radius 2 is 1.88 bits per heavy atom. The fraction of sp³-hybridized carbons (Fsp3) is 0.333. The molecule has 1 aromatic heterocycles. The summed E-state index contributed by atoms with van der Waals surface area (Å²) in [6.45, 7) is 2.05. The second kappa shape index (κ2) is 9.71. The predicted molar refractivity (Wildman–Crippen MR) is 111 cm³/mol. The van der Waals surface area contributed by atoms with Gasteiger partial charge in [-0.1, -0.05) is 16.8 Å². The molecule has 2 heterocycles. The summed E-state index contributed by atoms with van der Waals surface area (Å²) >= 11 is 6.12. The van der Waals surface area contributed by atoms with Crippen LogP contribution in [0.5, 0.6) is 0 Å². The minimum absolute atomic E-state index is 0.0153. The minimum atomic E-state index is -3.71. The van der Waals surface area contributed by atoms with Crippen LogP contribution < -0.4 is 5.32 Å². The minimum Gasteiger partial charge on any atom is -0.366 e. The molecule has 1 saturated heterocycles. The van der Waals surface area contributed by atoms with E-state index in [1.54, 1.807) is 11.8 Å². The second-order valence-electron chi connectivity index (χ2n) is 6.83. The third-order valence-electron chi connectivity index (χ3n) is 4.53. The average Bonchev–Trinajstić information content (AvgIpc) is 3.12. The van der Waals surface area contributed by atoms with Gasteiger partial charge < -0.3 is 20.1 Å². The number of benzene rings is 1. The van der Waals surface area contributed by atoms with Gasteiger partial charge in [0, 0.05) is 44.1 Å². The van der Waals surface area contributed by atoms with E-state index in [1.807, 2.05) is 0 Å². The van der Waals surface area contributed by atoms with Crippen molar-refractivity contribution in [2.75, 3.05) is 31.5 Å². The van der Waals surface area contributed by atoms with Gasteiger partial charge >= 0.3 is 0 Å². The second-order valence-corrected chi connectivity index (χ2v) is 9.18. The predicted octanol–water partition coefficient (Wildman–Crippen LogP) is 1.84. The summed E-state index contributed by atoms with van der Waals surface area (Å²) < 4.78 is 57.9. The summed E-state index contributed by atoms with van der Waals surface area (Å²) in [5.41, 5.74) is -0.0900. The number of aromatic nitrogens is 2. The third-order valence-corrected chi connectivity index (χ3v) is 6.66. The zero-order chi connectivity index (χ0) is 23.5. The summed E-state index contributed by atoms with van der Waals surface area (Å²) in [6, 6.07) is 2.50. The van der Waals surface area contributed by atoms with Gasteiger partial charge in [-0.3, -0.25) is 4.79 Å². The maximum Gasteiger partial charge on any atom is 0.269 e. The summed E-state index contributed by atoms with van der Waals surface area (Å²) in [4.78, 5) is 17.9. The maximum absolute atomic E-state index is 13.3. The van der Waals surface area contributed by atoms with Gasteiger partial charge in [-0.25, -0.2) is 17.2 Å². The molecule has 1 aliphatic rings. The zero-order valence-corrected chi connectivity index (χ0v) is 18.4. The number of nitrogens with one attached hydrogen (secondary N) is 2. The van der Waals surface area contributed by atoms with Crippen LogP contribution in [0.1, 0.15) is 11.7 Å². The molecule has 0 unspecified atom stereocenters. The van der Waals surface area contributed by atoms with E-state index in [4.69, 9.17) is 21.5 Å².